The van der Waals surface area contributed by atoms with E-state index in [2.05, 4.69) is 35.3 Å². The van der Waals surface area contributed by atoms with Crippen LogP contribution < -0.4 is 5.73 Å². The van der Waals surface area contributed by atoms with Crippen LogP contribution in [0, 0.1) is 0 Å². The SMILES string of the molecule is CC(C)(C)c1nnsc1C(N)Cc1cn2ccsc2n1. The largest absolute Gasteiger partial charge is 0.323 e. The summed E-state index contributed by atoms with van der Waals surface area (Å²) in [6, 6.07) is -0.103. The first-order valence-corrected chi connectivity index (χ1v) is 8.10. The second kappa shape index (κ2) is 4.91. The Balaban J connectivity index is 1.84. The Hall–Kier alpha value is -1.31. The highest BCUT2D eigenvalue weighted by molar-refractivity contribution is 7.15. The van der Waals surface area contributed by atoms with Crippen LogP contribution in [0.15, 0.2) is 17.8 Å². The maximum absolute atomic E-state index is 6.34. The number of aromatic nitrogens is 4. The number of rotatable bonds is 3. The quantitative estimate of drug-likeness (QED) is 0.808. The first-order valence-electron chi connectivity index (χ1n) is 6.44. The first-order chi connectivity index (χ1) is 9.45. The zero-order chi connectivity index (χ0) is 14.3. The summed E-state index contributed by atoms with van der Waals surface area (Å²) in [5, 5.41) is 6.27. The summed E-state index contributed by atoms with van der Waals surface area (Å²) in [7, 11) is 0. The van der Waals surface area contributed by atoms with Gasteiger partial charge in [0.05, 0.1) is 16.3 Å². The lowest BCUT2D eigenvalue weighted by atomic mass is 9.89. The van der Waals surface area contributed by atoms with Crippen molar-refractivity contribution in [2.45, 2.75) is 38.6 Å². The molecule has 2 N–H and O–H groups in total. The molecule has 0 aliphatic carbocycles. The summed E-state index contributed by atoms with van der Waals surface area (Å²) in [5.74, 6) is 0. The van der Waals surface area contributed by atoms with E-state index in [-0.39, 0.29) is 11.5 Å². The number of nitrogens with zero attached hydrogens (tertiary/aromatic N) is 4. The third-order valence-electron chi connectivity index (χ3n) is 3.13. The molecule has 3 aromatic rings. The van der Waals surface area contributed by atoms with Gasteiger partial charge in [0, 0.05) is 35.7 Å². The number of hydrogen-bond acceptors (Lipinski definition) is 6. The fraction of sp³-hybridized carbons (Fsp3) is 0.462. The third kappa shape index (κ3) is 2.48. The van der Waals surface area contributed by atoms with Crippen molar-refractivity contribution in [2.24, 2.45) is 5.73 Å². The van der Waals surface area contributed by atoms with Crippen molar-refractivity contribution in [2.75, 3.05) is 0 Å². The maximum atomic E-state index is 6.34. The minimum absolute atomic E-state index is 0.0332. The topological polar surface area (TPSA) is 69.1 Å². The van der Waals surface area contributed by atoms with Crippen molar-refractivity contribution in [3.8, 4) is 0 Å². The van der Waals surface area contributed by atoms with Crippen LogP contribution in [0.5, 0.6) is 0 Å². The number of fused-ring (bicyclic) bond motifs is 1. The van der Waals surface area contributed by atoms with Crippen LogP contribution >= 0.6 is 22.9 Å². The number of nitrogens with two attached hydrogens (primary N) is 1. The standard InChI is InChI=1S/C13H17N5S2/c1-13(2,3)11-10(20-17-16-11)9(14)6-8-7-18-4-5-19-12(18)15-8/h4-5,7,9H,6,14H2,1-3H3. The molecule has 106 valence electrons. The van der Waals surface area contributed by atoms with E-state index >= 15 is 0 Å². The first kappa shape index (κ1) is 13.7. The number of hydrogen-bond donors (Lipinski definition) is 1. The highest BCUT2D eigenvalue weighted by Gasteiger charge is 2.26. The van der Waals surface area contributed by atoms with E-state index in [4.69, 9.17) is 5.73 Å². The molecule has 0 aromatic carbocycles. The van der Waals surface area contributed by atoms with Crippen LogP contribution in [-0.2, 0) is 11.8 Å². The van der Waals surface area contributed by atoms with Gasteiger partial charge < -0.3 is 5.73 Å². The van der Waals surface area contributed by atoms with Crippen LogP contribution in [0.1, 0.15) is 43.1 Å². The molecule has 1 unspecified atom stereocenters. The summed E-state index contributed by atoms with van der Waals surface area (Å²) in [6.45, 7) is 6.39. The van der Waals surface area contributed by atoms with E-state index in [0.717, 1.165) is 21.2 Å². The molecule has 7 heteroatoms. The van der Waals surface area contributed by atoms with Gasteiger partial charge in [0.1, 0.15) is 0 Å². The lowest BCUT2D eigenvalue weighted by Gasteiger charge is -2.19. The molecule has 20 heavy (non-hydrogen) atoms. The maximum Gasteiger partial charge on any atom is 0.193 e. The van der Waals surface area contributed by atoms with E-state index in [0.29, 0.717) is 6.42 Å². The van der Waals surface area contributed by atoms with Crippen LogP contribution in [0.4, 0.5) is 0 Å². The fourth-order valence-electron chi connectivity index (χ4n) is 2.15. The second-order valence-electron chi connectivity index (χ2n) is 5.87. The molecule has 5 nitrogen and oxygen atoms in total. The highest BCUT2D eigenvalue weighted by atomic mass is 32.1. The third-order valence-corrected chi connectivity index (χ3v) is 4.76. The van der Waals surface area contributed by atoms with Gasteiger partial charge in [-0.15, -0.1) is 16.4 Å². The Labute approximate surface area is 125 Å². The van der Waals surface area contributed by atoms with Gasteiger partial charge in [-0.25, -0.2) is 4.98 Å². The molecular weight excluding hydrogens is 290 g/mol. The zero-order valence-corrected chi connectivity index (χ0v) is 13.3. The molecule has 1 atom stereocenters. The van der Waals surface area contributed by atoms with Crippen molar-refractivity contribution in [1.82, 2.24) is 19.0 Å². The van der Waals surface area contributed by atoms with Crippen LogP contribution in [0.25, 0.3) is 4.96 Å². The van der Waals surface area contributed by atoms with Gasteiger partial charge in [0.15, 0.2) is 4.96 Å². The van der Waals surface area contributed by atoms with Gasteiger partial charge in [0.2, 0.25) is 0 Å². The molecular formula is C13H17N5S2. The lowest BCUT2D eigenvalue weighted by Crippen LogP contribution is -2.20. The van der Waals surface area contributed by atoms with Gasteiger partial charge in [-0.2, -0.15) is 0 Å². The smallest absolute Gasteiger partial charge is 0.193 e. The van der Waals surface area contributed by atoms with Crippen molar-refractivity contribution >= 4 is 27.8 Å². The molecule has 0 fully saturated rings. The highest BCUT2D eigenvalue weighted by Crippen LogP contribution is 2.30. The minimum atomic E-state index is -0.103. The second-order valence-corrected chi connectivity index (χ2v) is 7.53. The Bertz CT molecular complexity index is 690. The Morgan fingerprint density at radius 3 is 2.90 bits per heavy atom. The van der Waals surface area contributed by atoms with Gasteiger partial charge >= 0.3 is 0 Å². The van der Waals surface area contributed by atoms with E-state index < -0.39 is 0 Å². The average molecular weight is 307 g/mol. The predicted octanol–water partition coefficient (Wildman–Crippen LogP) is 2.79. The van der Waals surface area contributed by atoms with Crippen molar-refractivity contribution in [3.05, 3.63) is 34.0 Å². The van der Waals surface area contributed by atoms with E-state index in [1.807, 2.05) is 22.2 Å². The zero-order valence-electron chi connectivity index (χ0n) is 11.7. The molecule has 3 rings (SSSR count). The van der Waals surface area contributed by atoms with Crippen LogP contribution in [0.3, 0.4) is 0 Å². The lowest BCUT2D eigenvalue weighted by molar-refractivity contribution is 0.549. The van der Waals surface area contributed by atoms with Crippen molar-refractivity contribution < 1.29 is 0 Å². The fourth-order valence-corrected chi connectivity index (χ4v) is 3.73. The molecule has 0 radical (unpaired) electrons. The Morgan fingerprint density at radius 2 is 2.20 bits per heavy atom. The van der Waals surface area contributed by atoms with Gasteiger partial charge in [-0.3, -0.25) is 4.40 Å². The van der Waals surface area contributed by atoms with E-state index in [1.54, 1.807) is 11.3 Å². The molecule has 3 heterocycles. The summed E-state index contributed by atoms with van der Waals surface area (Å²) in [5.41, 5.74) is 8.32. The number of imidazole rings is 1. The molecule has 3 aromatic heterocycles. The van der Waals surface area contributed by atoms with Crippen LogP contribution in [-0.4, -0.2) is 19.0 Å². The molecule has 0 saturated carbocycles. The molecule has 0 amide bonds. The van der Waals surface area contributed by atoms with E-state index in [1.165, 1.54) is 11.5 Å². The monoisotopic (exact) mass is 307 g/mol. The summed E-state index contributed by atoms with van der Waals surface area (Å²) in [6.07, 6.45) is 4.76. The summed E-state index contributed by atoms with van der Waals surface area (Å²) < 4.78 is 6.10. The normalized spacial score (nSPS) is 14.0. The van der Waals surface area contributed by atoms with Crippen LogP contribution in [0.2, 0.25) is 0 Å². The molecule has 0 aliphatic rings. The Kier molecular flexibility index (Phi) is 3.35. The predicted molar refractivity (Wildman–Crippen MR) is 82.3 cm³/mol. The minimum Gasteiger partial charge on any atom is -0.323 e. The molecule has 0 aliphatic heterocycles. The average Bonchev–Trinajstić information content (AvgIpc) is 3.00. The van der Waals surface area contributed by atoms with Gasteiger partial charge in [0.25, 0.3) is 0 Å². The van der Waals surface area contributed by atoms with Gasteiger partial charge in [-0.05, 0) is 11.5 Å². The Morgan fingerprint density at radius 1 is 1.40 bits per heavy atom. The van der Waals surface area contributed by atoms with Gasteiger partial charge in [-0.1, -0.05) is 25.3 Å². The molecule has 0 saturated heterocycles. The summed E-state index contributed by atoms with van der Waals surface area (Å²) in [4.78, 5) is 6.65. The van der Waals surface area contributed by atoms with E-state index in [9.17, 15) is 0 Å². The van der Waals surface area contributed by atoms with Crippen molar-refractivity contribution in [3.63, 3.8) is 0 Å². The molecule has 0 spiro atoms. The number of thiazole rings is 1. The van der Waals surface area contributed by atoms with Crippen molar-refractivity contribution in [1.29, 1.82) is 0 Å². The molecule has 0 bridgehead atoms. The summed E-state index contributed by atoms with van der Waals surface area (Å²) >= 11 is 3.02.